The molecule has 2 N–H and O–H groups in total. The summed E-state index contributed by atoms with van der Waals surface area (Å²) in [5, 5.41) is 13.0. The summed E-state index contributed by atoms with van der Waals surface area (Å²) in [6, 6.07) is 0.160. The molecule has 1 aliphatic carbocycles. The first kappa shape index (κ1) is 10.4. The summed E-state index contributed by atoms with van der Waals surface area (Å²) in [4.78, 5) is 0. The highest BCUT2D eigenvalue weighted by atomic mass is 16.5. The van der Waals surface area contributed by atoms with Gasteiger partial charge in [-0.05, 0) is 18.3 Å². The van der Waals surface area contributed by atoms with E-state index >= 15 is 0 Å². The van der Waals surface area contributed by atoms with Gasteiger partial charge in [0.1, 0.15) is 0 Å². The minimum atomic E-state index is -0.306. The molecule has 14 heavy (non-hydrogen) atoms. The largest absolute Gasteiger partial charge is 0.389 e. The van der Waals surface area contributed by atoms with Gasteiger partial charge in [-0.3, -0.25) is 0 Å². The van der Waals surface area contributed by atoms with Crippen LogP contribution in [0.5, 0.6) is 0 Å². The maximum atomic E-state index is 9.56. The lowest BCUT2D eigenvalue weighted by atomic mass is 9.88. The Bertz CT molecular complexity index is 190. The summed E-state index contributed by atoms with van der Waals surface area (Å²) >= 11 is 0. The molecule has 1 aliphatic heterocycles. The monoisotopic (exact) mass is 199 g/mol. The maximum Gasteiger partial charge on any atom is 0.0948 e. The molecule has 0 aromatic carbocycles. The van der Waals surface area contributed by atoms with Crippen LogP contribution in [-0.2, 0) is 4.74 Å². The van der Waals surface area contributed by atoms with Crippen LogP contribution in [0.4, 0.5) is 0 Å². The Balaban J connectivity index is 1.75. The van der Waals surface area contributed by atoms with Crippen molar-refractivity contribution in [3.05, 3.63) is 0 Å². The van der Waals surface area contributed by atoms with E-state index in [1.54, 1.807) is 0 Å². The Hall–Kier alpha value is -0.120. The zero-order valence-corrected chi connectivity index (χ0v) is 8.96. The number of ether oxygens (including phenoxy) is 1. The molecule has 2 atom stereocenters. The van der Waals surface area contributed by atoms with Crippen LogP contribution in [0.2, 0.25) is 0 Å². The summed E-state index contributed by atoms with van der Waals surface area (Å²) in [5.41, 5.74) is 0.461. The average molecular weight is 199 g/mol. The summed E-state index contributed by atoms with van der Waals surface area (Å²) in [6.07, 6.45) is 5.07. The van der Waals surface area contributed by atoms with Gasteiger partial charge in [-0.2, -0.15) is 0 Å². The predicted octanol–water partition coefficient (Wildman–Crippen LogP) is 0.916. The smallest absolute Gasteiger partial charge is 0.0948 e. The van der Waals surface area contributed by atoms with Crippen molar-refractivity contribution in [1.29, 1.82) is 0 Å². The normalized spacial score (nSPS) is 36.4. The van der Waals surface area contributed by atoms with Gasteiger partial charge in [0.15, 0.2) is 0 Å². The van der Waals surface area contributed by atoms with Gasteiger partial charge in [0.2, 0.25) is 0 Å². The Kier molecular flexibility index (Phi) is 3.10. The third-order valence-electron chi connectivity index (χ3n) is 3.65. The molecule has 0 unspecified atom stereocenters. The zero-order valence-electron chi connectivity index (χ0n) is 8.96. The summed E-state index contributed by atoms with van der Waals surface area (Å²) in [6.45, 7) is 4.53. The van der Waals surface area contributed by atoms with Crippen molar-refractivity contribution < 1.29 is 9.84 Å². The minimum Gasteiger partial charge on any atom is -0.389 e. The van der Waals surface area contributed by atoms with Crippen molar-refractivity contribution in [3.63, 3.8) is 0 Å². The summed E-state index contributed by atoms with van der Waals surface area (Å²) in [5.74, 6) is 0. The number of hydrogen-bond acceptors (Lipinski definition) is 3. The van der Waals surface area contributed by atoms with Crippen LogP contribution in [-0.4, -0.2) is 37.0 Å². The van der Waals surface area contributed by atoms with Crippen molar-refractivity contribution in [1.82, 2.24) is 5.32 Å². The Morgan fingerprint density at radius 2 is 2.07 bits per heavy atom. The molecule has 2 fully saturated rings. The number of aliphatic hydroxyl groups is 1. The van der Waals surface area contributed by atoms with Crippen molar-refractivity contribution in [3.8, 4) is 0 Å². The van der Waals surface area contributed by atoms with E-state index in [2.05, 4.69) is 12.2 Å². The minimum absolute atomic E-state index is 0.160. The molecule has 2 rings (SSSR count). The van der Waals surface area contributed by atoms with Crippen LogP contribution in [0.15, 0.2) is 0 Å². The Labute approximate surface area is 85.8 Å². The molecule has 0 bridgehead atoms. The first-order valence-electron chi connectivity index (χ1n) is 5.69. The molecule has 0 spiro atoms. The van der Waals surface area contributed by atoms with E-state index in [1.807, 2.05) is 0 Å². The molecule has 1 heterocycles. The lowest BCUT2D eigenvalue weighted by Crippen LogP contribution is -2.43. The fourth-order valence-corrected chi connectivity index (χ4v) is 2.52. The molecule has 1 saturated carbocycles. The fourth-order valence-electron chi connectivity index (χ4n) is 2.52. The fraction of sp³-hybridized carbons (Fsp3) is 1.00. The van der Waals surface area contributed by atoms with Gasteiger partial charge in [-0.25, -0.2) is 0 Å². The van der Waals surface area contributed by atoms with Crippen molar-refractivity contribution in [2.75, 3.05) is 19.8 Å². The molecule has 0 aromatic rings. The molecular formula is C11H21NO2. The quantitative estimate of drug-likeness (QED) is 0.710. The van der Waals surface area contributed by atoms with Crippen molar-refractivity contribution in [2.45, 2.75) is 44.8 Å². The number of hydrogen-bond donors (Lipinski definition) is 2. The zero-order chi connectivity index (χ0) is 10.0. The lowest BCUT2D eigenvalue weighted by Gasteiger charge is -2.26. The SMILES string of the molecule is CC1(CN[C@@H]2COC[C@H]2O)CCCC1. The van der Waals surface area contributed by atoms with E-state index in [4.69, 9.17) is 4.74 Å². The summed E-state index contributed by atoms with van der Waals surface area (Å²) in [7, 11) is 0. The third kappa shape index (κ3) is 2.27. The van der Waals surface area contributed by atoms with Crippen molar-refractivity contribution >= 4 is 0 Å². The van der Waals surface area contributed by atoms with Gasteiger partial charge in [0.25, 0.3) is 0 Å². The second kappa shape index (κ2) is 4.17. The summed E-state index contributed by atoms with van der Waals surface area (Å²) < 4.78 is 5.20. The van der Waals surface area contributed by atoms with Crippen LogP contribution < -0.4 is 5.32 Å². The highest BCUT2D eigenvalue weighted by Gasteiger charge is 2.32. The highest BCUT2D eigenvalue weighted by Crippen LogP contribution is 2.36. The first-order chi connectivity index (χ1) is 6.70. The topological polar surface area (TPSA) is 41.5 Å². The standard InChI is InChI=1S/C11H21NO2/c1-11(4-2-3-5-11)8-12-9-6-14-7-10(9)13/h9-10,12-13H,2-8H2,1H3/t9-,10-/m1/s1. The number of aliphatic hydroxyl groups excluding tert-OH is 1. The van der Waals surface area contributed by atoms with Crippen LogP contribution in [0.1, 0.15) is 32.6 Å². The molecule has 3 nitrogen and oxygen atoms in total. The van der Waals surface area contributed by atoms with E-state index in [9.17, 15) is 5.11 Å². The van der Waals surface area contributed by atoms with Gasteiger partial charge in [-0.15, -0.1) is 0 Å². The molecule has 0 amide bonds. The number of rotatable bonds is 3. The second-order valence-corrected chi connectivity index (χ2v) is 5.11. The molecule has 2 aliphatic rings. The van der Waals surface area contributed by atoms with Crippen LogP contribution >= 0.6 is 0 Å². The van der Waals surface area contributed by atoms with Crippen LogP contribution in [0.25, 0.3) is 0 Å². The molecular weight excluding hydrogens is 178 g/mol. The molecule has 0 aromatic heterocycles. The molecule has 3 heteroatoms. The first-order valence-corrected chi connectivity index (χ1v) is 5.69. The van der Waals surface area contributed by atoms with Gasteiger partial charge >= 0.3 is 0 Å². The highest BCUT2D eigenvalue weighted by molar-refractivity contribution is 4.87. The Morgan fingerprint density at radius 3 is 2.64 bits per heavy atom. The van der Waals surface area contributed by atoms with Crippen LogP contribution in [0, 0.1) is 5.41 Å². The molecule has 0 radical (unpaired) electrons. The predicted molar refractivity (Wildman–Crippen MR) is 55.2 cm³/mol. The van der Waals surface area contributed by atoms with E-state index in [-0.39, 0.29) is 12.1 Å². The third-order valence-corrected chi connectivity index (χ3v) is 3.65. The lowest BCUT2D eigenvalue weighted by molar-refractivity contribution is 0.121. The maximum absolute atomic E-state index is 9.56. The second-order valence-electron chi connectivity index (χ2n) is 5.11. The van der Waals surface area contributed by atoms with E-state index < -0.39 is 0 Å². The number of nitrogens with one attached hydrogen (secondary N) is 1. The van der Waals surface area contributed by atoms with Gasteiger partial charge in [-0.1, -0.05) is 19.8 Å². The van der Waals surface area contributed by atoms with Crippen LogP contribution in [0.3, 0.4) is 0 Å². The van der Waals surface area contributed by atoms with E-state index in [0.29, 0.717) is 18.6 Å². The van der Waals surface area contributed by atoms with E-state index in [0.717, 1.165) is 6.54 Å². The van der Waals surface area contributed by atoms with E-state index in [1.165, 1.54) is 25.7 Å². The van der Waals surface area contributed by atoms with Gasteiger partial charge in [0.05, 0.1) is 25.4 Å². The Morgan fingerprint density at radius 1 is 1.36 bits per heavy atom. The molecule has 1 saturated heterocycles. The average Bonchev–Trinajstić information content (AvgIpc) is 2.73. The molecule has 82 valence electrons. The van der Waals surface area contributed by atoms with Gasteiger partial charge in [0, 0.05) is 6.54 Å². The van der Waals surface area contributed by atoms with Gasteiger partial charge < -0.3 is 15.2 Å². The van der Waals surface area contributed by atoms with Crippen molar-refractivity contribution in [2.24, 2.45) is 5.41 Å².